The fourth-order valence-corrected chi connectivity index (χ4v) is 3.37. The van der Waals surface area contributed by atoms with Crippen molar-refractivity contribution in [2.75, 3.05) is 18.1 Å². The van der Waals surface area contributed by atoms with E-state index in [1.54, 1.807) is 11.3 Å². The van der Waals surface area contributed by atoms with Gasteiger partial charge in [0.1, 0.15) is 0 Å². The van der Waals surface area contributed by atoms with E-state index in [0.29, 0.717) is 6.04 Å². The van der Waals surface area contributed by atoms with E-state index in [1.165, 1.54) is 22.9 Å². The molecular formula is C13H24N2S2. The van der Waals surface area contributed by atoms with Gasteiger partial charge in [0.2, 0.25) is 0 Å². The van der Waals surface area contributed by atoms with Crippen LogP contribution in [0.2, 0.25) is 0 Å². The predicted molar refractivity (Wildman–Crippen MR) is 80.1 cm³/mol. The van der Waals surface area contributed by atoms with Crippen LogP contribution in [0.4, 0.5) is 0 Å². The van der Waals surface area contributed by atoms with E-state index in [-0.39, 0.29) is 0 Å². The topological polar surface area (TPSA) is 24.9 Å². The molecule has 1 N–H and O–H groups in total. The third-order valence-electron chi connectivity index (χ3n) is 2.36. The molecular weight excluding hydrogens is 248 g/mol. The summed E-state index contributed by atoms with van der Waals surface area (Å²) < 4.78 is 0. The summed E-state index contributed by atoms with van der Waals surface area (Å²) in [7, 11) is 0. The van der Waals surface area contributed by atoms with Crippen LogP contribution in [0, 0.1) is 5.92 Å². The van der Waals surface area contributed by atoms with Gasteiger partial charge in [-0.25, -0.2) is 4.98 Å². The number of hydrogen-bond acceptors (Lipinski definition) is 4. The Morgan fingerprint density at radius 2 is 2.24 bits per heavy atom. The molecule has 0 aromatic carbocycles. The van der Waals surface area contributed by atoms with Crippen molar-refractivity contribution in [2.24, 2.45) is 5.92 Å². The molecule has 0 amide bonds. The van der Waals surface area contributed by atoms with Gasteiger partial charge in [-0.15, -0.1) is 11.3 Å². The minimum Gasteiger partial charge on any atom is -0.313 e. The summed E-state index contributed by atoms with van der Waals surface area (Å²) >= 11 is 3.82. The van der Waals surface area contributed by atoms with Gasteiger partial charge in [0.15, 0.2) is 0 Å². The smallest absolute Gasteiger partial charge is 0.0940 e. The largest absolute Gasteiger partial charge is 0.313 e. The second kappa shape index (κ2) is 8.95. The van der Waals surface area contributed by atoms with E-state index >= 15 is 0 Å². The molecule has 2 nitrogen and oxygen atoms in total. The maximum atomic E-state index is 4.38. The Hall–Kier alpha value is -0.0600. The SMILES string of the molecule is CCCNC(CSCC(C)C)Cc1nccs1. The van der Waals surface area contributed by atoms with Crippen molar-refractivity contribution in [1.82, 2.24) is 10.3 Å². The van der Waals surface area contributed by atoms with Gasteiger partial charge in [0.05, 0.1) is 5.01 Å². The molecule has 1 rings (SSSR count). The summed E-state index contributed by atoms with van der Waals surface area (Å²) in [4.78, 5) is 4.38. The van der Waals surface area contributed by atoms with E-state index in [0.717, 1.165) is 18.9 Å². The highest BCUT2D eigenvalue weighted by Crippen LogP contribution is 2.13. The maximum absolute atomic E-state index is 4.38. The minimum absolute atomic E-state index is 0.574. The average Bonchev–Trinajstić information content (AvgIpc) is 2.78. The number of thiazole rings is 1. The van der Waals surface area contributed by atoms with Crippen LogP contribution >= 0.6 is 23.1 Å². The first-order chi connectivity index (χ1) is 8.22. The van der Waals surface area contributed by atoms with Crippen LogP contribution in [0.3, 0.4) is 0 Å². The number of nitrogens with zero attached hydrogens (tertiary/aromatic N) is 1. The average molecular weight is 272 g/mol. The Morgan fingerprint density at radius 1 is 1.41 bits per heavy atom. The summed E-state index contributed by atoms with van der Waals surface area (Å²) in [6.07, 6.45) is 4.17. The molecule has 1 heterocycles. The standard InChI is InChI=1S/C13H24N2S2/c1-4-5-14-12(10-16-9-11(2)3)8-13-15-6-7-17-13/h6-7,11-12,14H,4-5,8-10H2,1-3H3. The Balaban J connectivity index is 2.31. The van der Waals surface area contributed by atoms with Crippen LogP contribution in [-0.4, -0.2) is 29.1 Å². The monoisotopic (exact) mass is 272 g/mol. The molecule has 0 radical (unpaired) electrons. The second-order valence-corrected chi connectivity index (χ2v) is 6.77. The number of nitrogens with one attached hydrogen (secondary N) is 1. The lowest BCUT2D eigenvalue weighted by Crippen LogP contribution is -2.34. The van der Waals surface area contributed by atoms with Gasteiger partial charge in [0, 0.05) is 29.8 Å². The fraction of sp³-hybridized carbons (Fsp3) is 0.769. The molecule has 0 fully saturated rings. The van der Waals surface area contributed by atoms with E-state index in [1.807, 2.05) is 6.20 Å². The molecule has 0 saturated carbocycles. The first-order valence-electron chi connectivity index (χ1n) is 6.41. The molecule has 0 saturated heterocycles. The van der Waals surface area contributed by atoms with Crippen LogP contribution in [0.15, 0.2) is 11.6 Å². The van der Waals surface area contributed by atoms with Crippen LogP contribution in [0.1, 0.15) is 32.2 Å². The van der Waals surface area contributed by atoms with Crippen molar-refractivity contribution < 1.29 is 0 Å². The number of thioether (sulfide) groups is 1. The van der Waals surface area contributed by atoms with E-state index in [9.17, 15) is 0 Å². The third-order valence-corrected chi connectivity index (χ3v) is 4.70. The summed E-state index contributed by atoms with van der Waals surface area (Å²) in [5, 5.41) is 6.94. The lowest BCUT2D eigenvalue weighted by molar-refractivity contribution is 0.548. The first-order valence-corrected chi connectivity index (χ1v) is 8.45. The highest BCUT2D eigenvalue weighted by molar-refractivity contribution is 7.99. The van der Waals surface area contributed by atoms with Crippen molar-refractivity contribution in [3.8, 4) is 0 Å². The summed E-state index contributed by atoms with van der Waals surface area (Å²) in [5.41, 5.74) is 0. The van der Waals surface area contributed by atoms with Gasteiger partial charge in [-0.1, -0.05) is 20.8 Å². The normalized spacial score (nSPS) is 13.2. The van der Waals surface area contributed by atoms with Crippen molar-refractivity contribution >= 4 is 23.1 Å². The van der Waals surface area contributed by atoms with Crippen molar-refractivity contribution in [1.29, 1.82) is 0 Å². The van der Waals surface area contributed by atoms with E-state index in [4.69, 9.17) is 0 Å². The summed E-state index contributed by atoms with van der Waals surface area (Å²) in [6.45, 7) is 7.89. The molecule has 0 aliphatic heterocycles. The Bertz CT molecular complexity index is 273. The fourth-order valence-electron chi connectivity index (χ4n) is 1.55. The molecule has 1 unspecified atom stereocenters. The van der Waals surface area contributed by atoms with Gasteiger partial charge < -0.3 is 5.32 Å². The van der Waals surface area contributed by atoms with Crippen LogP contribution in [0.5, 0.6) is 0 Å². The quantitative estimate of drug-likeness (QED) is 0.745. The molecule has 1 atom stereocenters. The maximum Gasteiger partial charge on any atom is 0.0940 e. The van der Waals surface area contributed by atoms with Crippen LogP contribution < -0.4 is 5.32 Å². The zero-order valence-corrected chi connectivity index (χ0v) is 12.7. The van der Waals surface area contributed by atoms with Gasteiger partial charge in [-0.2, -0.15) is 11.8 Å². The zero-order valence-electron chi connectivity index (χ0n) is 11.1. The number of hydrogen-bond donors (Lipinski definition) is 1. The van der Waals surface area contributed by atoms with Crippen LogP contribution in [0.25, 0.3) is 0 Å². The van der Waals surface area contributed by atoms with Gasteiger partial charge >= 0.3 is 0 Å². The van der Waals surface area contributed by atoms with E-state index in [2.05, 4.69) is 48.2 Å². The van der Waals surface area contributed by atoms with Gasteiger partial charge in [0.25, 0.3) is 0 Å². The molecule has 17 heavy (non-hydrogen) atoms. The predicted octanol–water partition coefficient (Wildman–Crippen LogP) is 3.44. The Kier molecular flexibility index (Phi) is 7.90. The second-order valence-electron chi connectivity index (χ2n) is 4.71. The Labute approximate surface area is 114 Å². The molecule has 4 heteroatoms. The lowest BCUT2D eigenvalue weighted by atomic mass is 10.2. The highest BCUT2D eigenvalue weighted by atomic mass is 32.2. The van der Waals surface area contributed by atoms with Crippen molar-refractivity contribution in [2.45, 2.75) is 39.7 Å². The van der Waals surface area contributed by atoms with Gasteiger partial charge in [-0.3, -0.25) is 0 Å². The molecule has 1 aromatic heterocycles. The minimum atomic E-state index is 0.574. The van der Waals surface area contributed by atoms with Crippen LogP contribution in [-0.2, 0) is 6.42 Å². The molecule has 98 valence electrons. The zero-order chi connectivity index (χ0) is 12.5. The van der Waals surface area contributed by atoms with E-state index < -0.39 is 0 Å². The van der Waals surface area contributed by atoms with Crippen molar-refractivity contribution in [3.05, 3.63) is 16.6 Å². The highest BCUT2D eigenvalue weighted by Gasteiger charge is 2.10. The number of aromatic nitrogens is 1. The summed E-state index contributed by atoms with van der Waals surface area (Å²) in [6, 6.07) is 0.574. The summed E-state index contributed by atoms with van der Waals surface area (Å²) in [5.74, 6) is 3.23. The Morgan fingerprint density at radius 3 is 2.82 bits per heavy atom. The molecule has 0 bridgehead atoms. The molecule has 0 aliphatic rings. The molecule has 1 aromatic rings. The molecule has 0 spiro atoms. The third kappa shape index (κ3) is 7.06. The van der Waals surface area contributed by atoms with Gasteiger partial charge in [-0.05, 0) is 24.6 Å². The number of rotatable bonds is 9. The molecule has 0 aliphatic carbocycles. The van der Waals surface area contributed by atoms with Crippen molar-refractivity contribution in [3.63, 3.8) is 0 Å². The first kappa shape index (κ1) is 15.0. The lowest BCUT2D eigenvalue weighted by Gasteiger charge is -2.17.